The van der Waals surface area contributed by atoms with Crippen molar-refractivity contribution in [1.29, 1.82) is 5.26 Å². The van der Waals surface area contributed by atoms with Crippen LogP contribution in [0.25, 0.3) is 0 Å². The number of aryl methyl sites for hydroxylation is 1. The number of nitrogens with one attached hydrogen (secondary N) is 1. The van der Waals surface area contributed by atoms with E-state index < -0.39 is 5.92 Å². The molecular weight excluding hydrogens is 557 g/mol. The van der Waals surface area contributed by atoms with E-state index in [0.29, 0.717) is 56.4 Å². The van der Waals surface area contributed by atoms with Crippen LogP contribution in [-0.2, 0) is 16.0 Å². The number of Topliss-reactive ketones (excluding diaryl/α,β-unsaturated/α-hetero) is 1. The van der Waals surface area contributed by atoms with Gasteiger partial charge < -0.3 is 10.5 Å². The average molecular weight is 581 g/mol. The largest absolute Gasteiger partial charge is 0.496 e. The molecule has 0 saturated heterocycles. The zero-order valence-electron chi connectivity index (χ0n) is 21.1. The molecule has 0 fully saturated rings. The summed E-state index contributed by atoms with van der Waals surface area (Å²) in [6.45, 7) is 1.97. The fourth-order valence-electron chi connectivity index (χ4n) is 4.60. The lowest BCUT2D eigenvalue weighted by molar-refractivity contribution is -0.116. The van der Waals surface area contributed by atoms with Crippen molar-refractivity contribution < 1.29 is 14.3 Å². The molecule has 5 rings (SSSR count). The molecule has 3 aromatic rings. The van der Waals surface area contributed by atoms with Crippen molar-refractivity contribution in [3.8, 4) is 11.8 Å². The number of rotatable bonds is 8. The molecule has 1 aromatic carbocycles. The third kappa shape index (κ3) is 5.25. The summed E-state index contributed by atoms with van der Waals surface area (Å²) in [6, 6.07) is 9.59. The van der Waals surface area contributed by atoms with Crippen LogP contribution in [0.15, 0.2) is 51.3 Å². The molecule has 0 radical (unpaired) electrons. The van der Waals surface area contributed by atoms with Crippen LogP contribution in [0, 0.1) is 11.3 Å². The minimum absolute atomic E-state index is 0.0314. The smallest absolute Gasteiger partial charge is 0.236 e. The van der Waals surface area contributed by atoms with Crippen LogP contribution in [0.3, 0.4) is 0 Å². The Kier molecular flexibility index (Phi) is 7.92. The molecule has 0 saturated carbocycles. The van der Waals surface area contributed by atoms with E-state index in [0.717, 1.165) is 11.4 Å². The number of benzene rings is 1. The summed E-state index contributed by atoms with van der Waals surface area (Å²) < 4.78 is 6.11. The van der Waals surface area contributed by atoms with Crippen molar-refractivity contribution in [2.24, 2.45) is 5.73 Å². The number of ketones is 1. The molecule has 1 unspecified atom stereocenters. The number of anilines is 2. The lowest BCUT2D eigenvalue weighted by Gasteiger charge is -2.38. The van der Waals surface area contributed by atoms with Crippen LogP contribution in [0.2, 0.25) is 0 Å². The van der Waals surface area contributed by atoms with E-state index in [-0.39, 0.29) is 28.8 Å². The summed E-state index contributed by atoms with van der Waals surface area (Å²) in [5.74, 6) is -0.0147. The Labute approximate surface area is 236 Å². The maximum atomic E-state index is 13.3. The molecule has 2 aromatic heterocycles. The van der Waals surface area contributed by atoms with Crippen LogP contribution in [0.1, 0.15) is 42.7 Å². The molecular formula is C25H24N8O3S3. The number of carbonyl (C=O) groups is 2. The lowest BCUT2D eigenvalue weighted by Crippen LogP contribution is -2.38. The van der Waals surface area contributed by atoms with E-state index in [1.807, 2.05) is 25.1 Å². The van der Waals surface area contributed by atoms with E-state index in [4.69, 9.17) is 10.5 Å². The number of carbonyl (C=O) groups excluding carboxylic acids is 2. The number of hydrogen-bond donors (Lipinski definition) is 2. The molecule has 1 amide bonds. The topological polar surface area (TPSA) is 160 Å². The number of allylic oxidation sites excluding steroid dienone is 3. The fraction of sp³-hybridized carbons (Fsp3) is 0.320. The number of nitrogens with two attached hydrogens (primary N) is 1. The number of thioether (sulfide) groups is 1. The number of aromatic nitrogens is 4. The highest BCUT2D eigenvalue weighted by Crippen LogP contribution is 2.48. The van der Waals surface area contributed by atoms with Gasteiger partial charge in [0.15, 0.2) is 10.1 Å². The van der Waals surface area contributed by atoms with E-state index in [9.17, 15) is 14.9 Å². The van der Waals surface area contributed by atoms with E-state index in [1.165, 1.54) is 34.4 Å². The second-order valence-corrected chi connectivity index (χ2v) is 11.8. The Bertz CT molecular complexity index is 1540. The molecule has 1 aliphatic carbocycles. The quantitative estimate of drug-likeness (QED) is 0.371. The number of amides is 1. The molecule has 3 N–H and O–H groups in total. The number of nitriles is 1. The maximum absolute atomic E-state index is 13.3. The first-order chi connectivity index (χ1) is 18.9. The summed E-state index contributed by atoms with van der Waals surface area (Å²) in [6.07, 6.45) is 2.39. The van der Waals surface area contributed by atoms with Gasteiger partial charge in [0.05, 0.1) is 30.4 Å². The van der Waals surface area contributed by atoms with Crippen molar-refractivity contribution in [3.63, 3.8) is 0 Å². The number of para-hydroxylation sites is 1. The molecule has 3 heterocycles. The van der Waals surface area contributed by atoms with Gasteiger partial charge in [-0.2, -0.15) is 5.26 Å². The highest BCUT2D eigenvalue weighted by atomic mass is 32.2. The summed E-state index contributed by atoms with van der Waals surface area (Å²) >= 11 is 3.81. The number of nitrogens with zero attached hydrogens (tertiary/aromatic N) is 6. The van der Waals surface area contributed by atoms with E-state index >= 15 is 0 Å². The third-order valence-electron chi connectivity index (χ3n) is 6.29. The highest BCUT2D eigenvalue weighted by molar-refractivity contribution is 8.01. The SMILES string of the molecule is CCc1nnc(NC(=O)CSc2nnc(N3C(N)=C(C#N)C(c4ccccc4OC)C4=C3CCCC4=O)s2)s1. The van der Waals surface area contributed by atoms with Gasteiger partial charge in [-0.25, -0.2) is 0 Å². The Balaban J connectivity index is 1.43. The normalized spacial score (nSPS) is 17.2. The van der Waals surface area contributed by atoms with Crippen molar-refractivity contribution in [2.45, 2.75) is 42.9 Å². The molecule has 39 heavy (non-hydrogen) atoms. The zero-order chi connectivity index (χ0) is 27.5. The average Bonchev–Trinajstić information content (AvgIpc) is 3.61. The first-order valence-electron chi connectivity index (χ1n) is 12.1. The molecule has 14 heteroatoms. The summed E-state index contributed by atoms with van der Waals surface area (Å²) in [4.78, 5) is 27.4. The molecule has 1 atom stereocenters. The van der Waals surface area contributed by atoms with Crippen LogP contribution in [-0.4, -0.2) is 44.9 Å². The lowest BCUT2D eigenvalue weighted by atomic mass is 9.75. The number of methoxy groups -OCH3 is 1. The van der Waals surface area contributed by atoms with Gasteiger partial charge in [-0.15, -0.1) is 20.4 Å². The maximum Gasteiger partial charge on any atom is 0.236 e. The molecule has 0 spiro atoms. The number of hydrogen-bond acceptors (Lipinski definition) is 13. The van der Waals surface area contributed by atoms with Crippen LogP contribution < -0.4 is 20.7 Å². The minimum Gasteiger partial charge on any atom is -0.496 e. The van der Waals surface area contributed by atoms with Crippen LogP contribution >= 0.6 is 34.4 Å². The molecule has 200 valence electrons. The van der Waals surface area contributed by atoms with E-state index in [1.54, 1.807) is 18.1 Å². The van der Waals surface area contributed by atoms with Gasteiger partial charge in [0.2, 0.25) is 16.2 Å². The third-order valence-corrected chi connectivity index (χ3v) is 9.32. The molecule has 2 aliphatic rings. The first-order valence-corrected chi connectivity index (χ1v) is 14.7. The predicted octanol–water partition coefficient (Wildman–Crippen LogP) is 4.00. The monoisotopic (exact) mass is 580 g/mol. The summed E-state index contributed by atoms with van der Waals surface area (Å²) in [5, 5.41) is 31.2. The van der Waals surface area contributed by atoms with Gasteiger partial charge in [0, 0.05) is 23.3 Å². The van der Waals surface area contributed by atoms with Gasteiger partial charge in [-0.05, 0) is 25.3 Å². The van der Waals surface area contributed by atoms with Crippen molar-refractivity contribution in [2.75, 3.05) is 23.1 Å². The molecule has 0 bridgehead atoms. The van der Waals surface area contributed by atoms with Gasteiger partial charge in [0.25, 0.3) is 0 Å². The molecule has 1 aliphatic heterocycles. The van der Waals surface area contributed by atoms with Crippen molar-refractivity contribution in [1.82, 2.24) is 20.4 Å². The minimum atomic E-state index is -0.635. The zero-order valence-corrected chi connectivity index (χ0v) is 23.6. The van der Waals surface area contributed by atoms with Gasteiger partial charge in [-0.1, -0.05) is 59.6 Å². The van der Waals surface area contributed by atoms with Crippen LogP contribution in [0.5, 0.6) is 5.75 Å². The Morgan fingerprint density at radius 3 is 2.82 bits per heavy atom. The second kappa shape index (κ2) is 11.5. The van der Waals surface area contributed by atoms with Gasteiger partial charge in [0.1, 0.15) is 16.6 Å². The summed E-state index contributed by atoms with van der Waals surface area (Å²) in [7, 11) is 1.56. The Morgan fingerprint density at radius 1 is 1.26 bits per heavy atom. The fourth-order valence-corrected chi connectivity index (χ4v) is 6.98. The Morgan fingerprint density at radius 2 is 2.08 bits per heavy atom. The summed E-state index contributed by atoms with van der Waals surface area (Å²) in [5.41, 5.74) is 8.83. The van der Waals surface area contributed by atoms with Crippen molar-refractivity contribution >= 4 is 56.4 Å². The standard InChI is InChI=1S/C25H24N8O3S3/c1-3-19-29-30-23(38-19)28-18(35)12-37-25-32-31-24(39-25)33-15-8-6-9-16(34)21(15)20(14(11-26)22(33)27)13-7-4-5-10-17(13)36-2/h4-5,7,10,20H,3,6,8-9,12,27H2,1-2H3,(H,28,30,35). The van der Waals surface area contributed by atoms with Gasteiger partial charge >= 0.3 is 0 Å². The molecule has 11 nitrogen and oxygen atoms in total. The Hall–Kier alpha value is -3.80. The van der Waals surface area contributed by atoms with E-state index in [2.05, 4.69) is 31.8 Å². The number of ether oxygens (including phenoxy) is 1. The van der Waals surface area contributed by atoms with Gasteiger partial charge in [-0.3, -0.25) is 19.8 Å². The second-order valence-electron chi connectivity index (χ2n) is 8.60. The van der Waals surface area contributed by atoms with Crippen LogP contribution in [0.4, 0.5) is 10.3 Å². The van der Waals surface area contributed by atoms with Crippen molar-refractivity contribution in [3.05, 3.63) is 57.5 Å². The highest BCUT2D eigenvalue weighted by Gasteiger charge is 2.42. The first kappa shape index (κ1) is 26.8. The predicted molar refractivity (Wildman–Crippen MR) is 149 cm³/mol.